The Morgan fingerprint density at radius 2 is 1.86 bits per heavy atom. The molecule has 1 saturated heterocycles. The number of halogens is 4. The SMILES string of the molecule is C[C@@H](NC(=O)c1ccc(=O)n(-c2cncc(-c3cnnn3C3CN(S(C)(=O)=O)C3)c2)n1)c1cccc(C(F)(F)F)c1F. The van der Waals surface area contributed by atoms with E-state index in [0.717, 1.165) is 35.2 Å². The van der Waals surface area contributed by atoms with Crippen LogP contribution >= 0.6 is 0 Å². The van der Waals surface area contributed by atoms with Crippen molar-refractivity contribution in [2.75, 3.05) is 19.3 Å². The lowest BCUT2D eigenvalue weighted by Gasteiger charge is -2.37. The van der Waals surface area contributed by atoms with E-state index in [0.29, 0.717) is 17.3 Å². The fourth-order valence-corrected chi connectivity index (χ4v) is 5.30. The Kier molecular flexibility index (Phi) is 7.40. The van der Waals surface area contributed by atoms with E-state index in [4.69, 9.17) is 0 Å². The summed E-state index contributed by atoms with van der Waals surface area (Å²) in [5, 5.41) is 14.5. The van der Waals surface area contributed by atoms with Crippen LogP contribution in [0.25, 0.3) is 16.9 Å². The maximum Gasteiger partial charge on any atom is 0.419 e. The highest BCUT2D eigenvalue weighted by Gasteiger charge is 2.37. The summed E-state index contributed by atoms with van der Waals surface area (Å²) >= 11 is 0. The number of carbonyl (C=O) groups is 1. The zero-order valence-electron chi connectivity index (χ0n) is 21.9. The normalized spacial score (nSPS) is 15.3. The van der Waals surface area contributed by atoms with Gasteiger partial charge in [0.2, 0.25) is 10.0 Å². The van der Waals surface area contributed by atoms with Crippen molar-refractivity contribution in [1.29, 1.82) is 0 Å². The second kappa shape index (κ2) is 10.7. The lowest BCUT2D eigenvalue weighted by molar-refractivity contribution is -0.140. The van der Waals surface area contributed by atoms with Crippen LogP contribution in [0.5, 0.6) is 0 Å². The average molecular weight is 607 g/mol. The van der Waals surface area contributed by atoms with Crippen molar-refractivity contribution in [2.45, 2.75) is 25.2 Å². The van der Waals surface area contributed by atoms with Crippen LogP contribution in [0.1, 0.15) is 40.6 Å². The molecule has 42 heavy (non-hydrogen) atoms. The molecule has 1 amide bonds. The number of nitrogens with one attached hydrogen (secondary N) is 1. The van der Waals surface area contributed by atoms with Crippen LogP contribution in [0.15, 0.2) is 59.8 Å². The van der Waals surface area contributed by atoms with Gasteiger partial charge in [-0.3, -0.25) is 14.6 Å². The fraction of sp³-hybridized carbons (Fsp3) is 0.280. The predicted molar refractivity (Wildman–Crippen MR) is 139 cm³/mol. The maximum absolute atomic E-state index is 14.6. The fourth-order valence-electron chi connectivity index (χ4n) is 4.41. The van der Waals surface area contributed by atoms with Crippen molar-refractivity contribution < 1.29 is 30.8 Å². The average Bonchev–Trinajstić information content (AvgIpc) is 3.36. The molecule has 3 aromatic heterocycles. The number of benzene rings is 1. The van der Waals surface area contributed by atoms with Crippen LogP contribution < -0.4 is 10.9 Å². The Morgan fingerprint density at radius 3 is 2.55 bits per heavy atom. The molecular formula is C25H22F4N8O4S. The van der Waals surface area contributed by atoms with Gasteiger partial charge in [0.25, 0.3) is 11.5 Å². The molecule has 4 heterocycles. The Labute approximate surface area is 235 Å². The van der Waals surface area contributed by atoms with Crippen LogP contribution in [0, 0.1) is 5.82 Å². The molecule has 1 aliphatic heterocycles. The molecule has 12 nitrogen and oxygen atoms in total. The summed E-state index contributed by atoms with van der Waals surface area (Å²) in [5.74, 6) is -2.36. The van der Waals surface area contributed by atoms with E-state index < -0.39 is 45.1 Å². The minimum absolute atomic E-state index is 0.170. The van der Waals surface area contributed by atoms with E-state index in [9.17, 15) is 35.6 Å². The van der Waals surface area contributed by atoms with E-state index >= 15 is 0 Å². The molecule has 0 spiro atoms. The van der Waals surface area contributed by atoms with Crippen molar-refractivity contribution >= 4 is 15.9 Å². The summed E-state index contributed by atoms with van der Waals surface area (Å²) in [6.45, 7) is 1.74. The van der Waals surface area contributed by atoms with Gasteiger partial charge in [-0.25, -0.2) is 17.5 Å². The molecule has 1 atom stereocenters. The summed E-state index contributed by atoms with van der Waals surface area (Å²) in [6, 6.07) is 5.09. The van der Waals surface area contributed by atoms with Crippen molar-refractivity contribution in [3.63, 3.8) is 0 Å². The third-order valence-electron chi connectivity index (χ3n) is 6.66. The number of pyridine rings is 1. The molecule has 1 aliphatic rings. The number of amides is 1. The zero-order chi connectivity index (χ0) is 30.4. The van der Waals surface area contributed by atoms with E-state index in [1.807, 2.05) is 0 Å². The van der Waals surface area contributed by atoms with Gasteiger partial charge < -0.3 is 5.32 Å². The number of aromatic nitrogens is 6. The lowest BCUT2D eigenvalue weighted by Crippen LogP contribution is -2.50. The number of alkyl halides is 3. The second-order valence-electron chi connectivity index (χ2n) is 9.60. The highest BCUT2D eigenvalue weighted by Crippen LogP contribution is 2.34. The summed E-state index contributed by atoms with van der Waals surface area (Å²) in [5.41, 5.74) is -1.56. The van der Waals surface area contributed by atoms with Crippen LogP contribution in [0.4, 0.5) is 17.6 Å². The molecule has 0 radical (unpaired) electrons. The minimum Gasteiger partial charge on any atom is -0.344 e. The van der Waals surface area contributed by atoms with Gasteiger partial charge in [0.15, 0.2) is 0 Å². The molecule has 220 valence electrons. The smallest absolute Gasteiger partial charge is 0.344 e. The van der Waals surface area contributed by atoms with Gasteiger partial charge in [-0.05, 0) is 25.1 Å². The maximum atomic E-state index is 14.6. The Morgan fingerprint density at radius 1 is 1.12 bits per heavy atom. The summed E-state index contributed by atoms with van der Waals surface area (Å²) < 4.78 is 81.1. The molecule has 0 saturated carbocycles. The zero-order valence-corrected chi connectivity index (χ0v) is 22.8. The van der Waals surface area contributed by atoms with Crippen molar-refractivity contribution in [3.8, 4) is 16.9 Å². The van der Waals surface area contributed by atoms with Gasteiger partial charge in [-0.15, -0.1) is 5.10 Å². The van der Waals surface area contributed by atoms with Gasteiger partial charge in [0, 0.05) is 36.5 Å². The van der Waals surface area contributed by atoms with E-state index in [2.05, 4.69) is 25.7 Å². The highest BCUT2D eigenvalue weighted by molar-refractivity contribution is 7.88. The van der Waals surface area contributed by atoms with E-state index in [1.165, 1.54) is 29.8 Å². The number of rotatable bonds is 7. The molecule has 1 aromatic carbocycles. The first-order chi connectivity index (χ1) is 19.7. The van der Waals surface area contributed by atoms with E-state index in [-0.39, 0.29) is 36.1 Å². The number of hydrogen-bond donors (Lipinski definition) is 1. The number of nitrogens with zero attached hydrogens (tertiary/aromatic N) is 7. The van der Waals surface area contributed by atoms with Gasteiger partial charge in [-0.1, -0.05) is 17.3 Å². The van der Waals surface area contributed by atoms with Gasteiger partial charge in [-0.2, -0.15) is 27.3 Å². The number of sulfonamides is 1. The lowest BCUT2D eigenvalue weighted by atomic mass is 10.0. The van der Waals surface area contributed by atoms with Crippen molar-refractivity contribution in [2.24, 2.45) is 0 Å². The largest absolute Gasteiger partial charge is 0.419 e. The Bertz CT molecular complexity index is 1830. The van der Waals surface area contributed by atoms with Gasteiger partial charge >= 0.3 is 6.18 Å². The molecule has 0 aliphatic carbocycles. The highest BCUT2D eigenvalue weighted by atomic mass is 32.2. The summed E-state index contributed by atoms with van der Waals surface area (Å²) in [4.78, 5) is 29.7. The van der Waals surface area contributed by atoms with Gasteiger partial charge in [0.05, 0.1) is 47.7 Å². The third-order valence-corrected chi connectivity index (χ3v) is 7.90. The first-order valence-corrected chi connectivity index (χ1v) is 14.2. The first-order valence-electron chi connectivity index (χ1n) is 12.3. The van der Waals surface area contributed by atoms with E-state index in [1.54, 1.807) is 10.7 Å². The quantitative estimate of drug-likeness (QED) is 0.316. The van der Waals surface area contributed by atoms with Gasteiger partial charge in [0.1, 0.15) is 11.5 Å². The standard InChI is InChI=1S/C25H22F4N8O4S/c1-14(18-4-3-5-19(23(18)26)25(27,28)29)32-24(39)20-6-7-22(38)37(33-20)16-8-15(9-30-10-16)21-11-31-34-36(21)17-12-35(13-17)42(2,40)41/h3-11,14,17H,12-13H2,1-2H3,(H,32,39)/t14-/m1/s1. The van der Waals surface area contributed by atoms with Crippen molar-refractivity contribution in [3.05, 3.63) is 88.0 Å². The van der Waals surface area contributed by atoms with Crippen LogP contribution in [0.3, 0.4) is 0 Å². The predicted octanol–water partition coefficient (Wildman–Crippen LogP) is 2.35. The van der Waals surface area contributed by atoms with Crippen LogP contribution in [0.2, 0.25) is 0 Å². The molecule has 4 aromatic rings. The van der Waals surface area contributed by atoms with Crippen LogP contribution in [-0.2, 0) is 16.2 Å². The van der Waals surface area contributed by atoms with Crippen LogP contribution in [-0.4, -0.2) is 67.7 Å². The molecular weight excluding hydrogens is 584 g/mol. The Balaban J connectivity index is 1.39. The molecule has 17 heteroatoms. The third kappa shape index (κ3) is 5.64. The molecule has 5 rings (SSSR count). The van der Waals surface area contributed by atoms with Crippen molar-refractivity contribution in [1.82, 2.24) is 39.4 Å². The monoisotopic (exact) mass is 606 g/mol. The minimum atomic E-state index is -4.91. The second-order valence-corrected chi connectivity index (χ2v) is 11.6. The number of carbonyl (C=O) groups excluding carboxylic acids is 1. The number of hydrogen-bond acceptors (Lipinski definition) is 8. The molecule has 1 fully saturated rings. The summed E-state index contributed by atoms with van der Waals surface area (Å²) in [7, 11) is -3.34. The summed E-state index contributed by atoms with van der Waals surface area (Å²) in [6.07, 6.45) is 0.466. The molecule has 0 bridgehead atoms. The topological polar surface area (TPSA) is 145 Å². The first kappa shape index (κ1) is 29.0. The molecule has 0 unspecified atom stereocenters. The molecule has 1 N–H and O–H groups in total. The Hall–Kier alpha value is -4.51.